The molecule has 0 atom stereocenters. The lowest BCUT2D eigenvalue weighted by atomic mass is 10.2. The van der Waals surface area contributed by atoms with E-state index in [1.165, 1.54) is 4.68 Å². The second kappa shape index (κ2) is 7.60. The molecule has 0 radical (unpaired) electrons. The van der Waals surface area contributed by atoms with Crippen molar-refractivity contribution < 1.29 is 19.1 Å². The molecule has 0 saturated carbocycles. The van der Waals surface area contributed by atoms with E-state index in [-0.39, 0.29) is 17.3 Å². The summed E-state index contributed by atoms with van der Waals surface area (Å²) in [6.45, 7) is 0.718. The first-order valence-electron chi connectivity index (χ1n) is 6.92. The number of nitrogens with two attached hydrogens (primary N) is 1. The number of nitrogens with zero attached hydrogens (tertiary/aromatic N) is 2. The average molecular weight is 351 g/mol. The predicted octanol–water partition coefficient (Wildman–Crippen LogP) is 0.592. The molecule has 0 aliphatic heterocycles. The zero-order chi connectivity index (χ0) is 17.7. The van der Waals surface area contributed by atoms with Gasteiger partial charge in [0.25, 0.3) is 5.91 Å². The molecule has 1 aromatic heterocycles. The predicted molar refractivity (Wildman–Crippen MR) is 85.8 cm³/mol. The average Bonchev–Trinajstić information content (AvgIpc) is 2.86. The summed E-state index contributed by atoms with van der Waals surface area (Å²) < 4.78 is 6.30. The number of aromatic nitrogens is 2. The number of para-hydroxylation sites is 1. The first-order chi connectivity index (χ1) is 11.4. The van der Waals surface area contributed by atoms with Crippen molar-refractivity contribution in [3.05, 3.63) is 46.7 Å². The molecule has 0 aliphatic carbocycles. The number of carbonyl (C=O) groups is 3. The van der Waals surface area contributed by atoms with Gasteiger partial charge < -0.3 is 15.8 Å². The van der Waals surface area contributed by atoms with Gasteiger partial charge in [-0.3, -0.25) is 9.59 Å². The Kier molecular flexibility index (Phi) is 5.54. The zero-order valence-electron chi connectivity index (χ0n) is 12.8. The van der Waals surface area contributed by atoms with Gasteiger partial charge in [0.1, 0.15) is 10.7 Å². The Morgan fingerprint density at radius 2 is 1.96 bits per heavy atom. The van der Waals surface area contributed by atoms with Crippen molar-refractivity contribution in [2.24, 2.45) is 5.73 Å². The molecule has 3 N–H and O–H groups in total. The summed E-state index contributed by atoms with van der Waals surface area (Å²) in [4.78, 5) is 34.1. The molecular weight excluding hydrogens is 336 g/mol. The first-order valence-corrected chi connectivity index (χ1v) is 7.30. The van der Waals surface area contributed by atoms with Crippen LogP contribution in [0, 0.1) is 6.92 Å². The van der Waals surface area contributed by atoms with Gasteiger partial charge in [0.2, 0.25) is 5.91 Å². The Bertz CT molecular complexity index is 773. The van der Waals surface area contributed by atoms with Crippen LogP contribution in [0.1, 0.15) is 16.1 Å². The number of benzene rings is 1. The molecule has 0 spiro atoms. The summed E-state index contributed by atoms with van der Waals surface area (Å²) >= 11 is 6.21. The summed E-state index contributed by atoms with van der Waals surface area (Å²) in [5, 5.41) is 6.50. The smallest absolute Gasteiger partial charge is 0.343 e. The summed E-state index contributed by atoms with van der Waals surface area (Å²) in [7, 11) is 0. The van der Waals surface area contributed by atoms with Crippen molar-refractivity contribution in [1.82, 2.24) is 15.1 Å². The van der Waals surface area contributed by atoms with Gasteiger partial charge in [-0.05, 0) is 19.1 Å². The molecule has 2 aromatic rings. The van der Waals surface area contributed by atoms with Crippen molar-refractivity contribution in [1.29, 1.82) is 0 Å². The number of halogens is 1. The molecule has 24 heavy (non-hydrogen) atoms. The molecule has 9 heteroatoms. The Labute approximate surface area is 142 Å². The van der Waals surface area contributed by atoms with Crippen LogP contribution in [0.25, 0.3) is 5.69 Å². The third kappa shape index (κ3) is 4.11. The van der Waals surface area contributed by atoms with E-state index in [9.17, 15) is 14.4 Å². The highest BCUT2D eigenvalue weighted by atomic mass is 35.5. The van der Waals surface area contributed by atoms with Crippen LogP contribution in [0.2, 0.25) is 5.15 Å². The van der Waals surface area contributed by atoms with E-state index in [1.54, 1.807) is 19.1 Å². The molecular formula is C15H15ClN4O4. The molecule has 0 fully saturated rings. The topological polar surface area (TPSA) is 116 Å². The number of esters is 1. The second-order valence-electron chi connectivity index (χ2n) is 4.82. The maximum absolute atomic E-state index is 12.1. The maximum atomic E-state index is 12.1. The number of ether oxygens (including phenoxy) is 1. The molecule has 2 rings (SSSR count). The standard InChI is InChI=1S/C15H15ClN4O4/c1-9-13(15(23)24-8-12(22)18-7-11(17)21)14(16)20(19-9)10-5-3-2-4-6-10/h2-6H,7-8H2,1H3,(H2,17,21)(H,18,22). The SMILES string of the molecule is Cc1nn(-c2ccccc2)c(Cl)c1C(=O)OCC(=O)NCC(N)=O. The second-order valence-corrected chi connectivity index (χ2v) is 5.18. The van der Waals surface area contributed by atoms with Gasteiger partial charge in [-0.15, -0.1) is 0 Å². The van der Waals surface area contributed by atoms with Crippen LogP contribution in [0.3, 0.4) is 0 Å². The van der Waals surface area contributed by atoms with E-state index in [4.69, 9.17) is 22.1 Å². The third-order valence-electron chi connectivity index (χ3n) is 3.00. The fraction of sp³-hybridized carbons (Fsp3) is 0.200. The first kappa shape index (κ1) is 17.5. The fourth-order valence-electron chi connectivity index (χ4n) is 1.91. The van der Waals surface area contributed by atoms with E-state index in [2.05, 4.69) is 10.4 Å². The Hall–Kier alpha value is -2.87. The van der Waals surface area contributed by atoms with E-state index in [0.29, 0.717) is 11.4 Å². The van der Waals surface area contributed by atoms with Crippen LogP contribution in [-0.2, 0) is 14.3 Å². The van der Waals surface area contributed by atoms with Gasteiger partial charge in [-0.2, -0.15) is 5.10 Å². The Morgan fingerprint density at radius 1 is 1.29 bits per heavy atom. The highest BCUT2D eigenvalue weighted by molar-refractivity contribution is 6.33. The molecule has 126 valence electrons. The molecule has 0 bridgehead atoms. The molecule has 0 unspecified atom stereocenters. The van der Waals surface area contributed by atoms with Gasteiger partial charge in [0.15, 0.2) is 6.61 Å². The van der Waals surface area contributed by atoms with E-state index in [1.807, 2.05) is 18.2 Å². The van der Waals surface area contributed by atoms with Gasteiger partial charge in [0, 0.05) is 0 Å². The normalized spacial score (nSPS) is 10.2. The van der Waals surface area contributed by atoms with E-state index < -0.39 is 24.4 Å². The van der Waals surface area contributed by atoms with Crippen LogP contribution in [0.5, 0.6) is 0 Å². The van der Waals surface area contributed by atoms with Crippen LogP contribution in [0.4, 0.5) is 0 Å². The fourth-order valence-corrected chi connectivity index (χ4v) is 2.26. The molecule has 8 nitrogen and oxygen atoms in total. The highest BCUT2D eigenvalue weighted by Gasteiger charge is 2.23. The highest BCUT2D eigenvalue weighted by Crippen LogP contribution is 2.24. The number of nitrogens with one attached hydrogen (secondary N) is 1. The minimum atomic E-state index is -0.783. The Morgan fingerprint density at radius 3 is 2.58 bits per heavy atom. The van der Waals surface area contributed by atoms with Gasteiger partial charge >= 0.3 is 5.97 Å². The van der Waals surface area contributed by atoms with Crippen LogP contribution in [-0.4, -0.2) is 40.7 Å². The minimum Gasteiger partial charge on any atom is -0.452 e. The lowest BCUT2D eigenvalue weighted by Gasteiger charge is -2.05. The van der Waals surface area contributed by atoms with Crippen molar-refractivity contribution >= 4 is 29.4 Å². The van der Waals surface area contributed by atoms with Crippen molar-refractivity contribution in [2.45, 2.75) is 6.92 Å². The minimum absolute atomic E-state index is 0.0724. The third-order valence-corrected chi connectivity index (χ3v) is 3.35. The lowest BCUT2D eigenvalue weighted by Crippen LogP contribution is -2.36. The van der Waals surface area contributed by atoms with E-state index >= 15 is 0 Å². The van der Waals surface area contributed by atoms with Gasteiger partial charge in [-0.25, -0.2) is 9.48 Å². The lowest BCUT2D eigenvalue weighted by molar-refractivity contribution is -0.127. The van der Waals surface area contributed by atoms with Crippen molar-refractivity contribution in [3.8, 4) is 5.69 Å². The monoisotopic (exact) mass is 350 g/mol. The molecule has 0 saturated heterocycles. The number of aryl methyl sites for hydroxylation is 1. The molecule has 1 heterocycles. The molecule has 1 aromatic carbocycles. The number of hydrogen-bond donors (Lipinski definition) is 2. The summed E-state index contributed by atoms with van der Waals surface area (Å²) in [5.74, 6) is -2.13. The van der Waals surface area contributed by atoms with Crippen LogP contribution >= 0.6 is 11.6 Å². The number of amides is 2. The zero-order valence-corrected chi connectivity index (χ0v) is 13.5. The number of carbonyl (C=O) groups excluding carboxylic acids is 3. The van der Waals surface area contributed by atoms with Crippen LogP contribution < -0.4 is 11.1 Å². The van der Waals surface area contributed by atoms with Crippen molar-refractivity contribution in [3.63, 3.8) is 0 Å². The quantitative estimate of drug-likeness (QED) is 0.740. The number of hydrogen-bond acceptors (Lipinski definition) is 5. The summed E-state index contributed by atoms with van der Waals surface area (Å²) in [6.07, 6.45) is 0. The summed E-state index contributed by atoms with van der Waals surface area (Å²) in [5.41, 5.74) is 6.02. The number of rotatable bonds is 6. The summed E-state index contributed by atoms with van der Waals surface area (Å²) in [6, 6.07) is 9.02. The maximum Gasteiger partial charge on any atom is 0.343 e. The van der Waals surface area contributed by atoms with Gasteiger partial charge in [-0.1, -0.05) is 29.8 Å². The van der Waals surface area contributed by atoms with Crippen LogP contribution in [0.15, 0.2) is 30.3 Å². The van der Waals surface area contributed by atoms with Crippen molar-refractivity contribution in [2.75, 3.05) is 13.2 Å². The molecule has 2 amide bonds. The number of primary amides is 1. The molecule has 0 aliphatic rings. The Balaban J connectivity index is 2.09. The van der Waals surface area contributed by atoms with Gasteiger partial charge in [0.05, 0.1) is 17.9 Å². The van der Waals surface area contributed by atoms with E-state index in [0.717, 1.165) is 0 Å². The largest absolute Gasteiger partial charge is 0.452 e.